The van der Waals surface area contributed by atoms with Crippen LogP contribution in [0.2, 0.25) is 0 Å². The summed E-state index contributed by atoms with van der Waals surface area (Å²) in [6.45, 7) is 8.17. The maximum Gasteiger partial charge on any atom is 0.144 e. The van der Waals surface area contributed by atoms with E-state index in [1.54, 1.807) is 0 Å². The van der Waals surface area contributed by atoms with Crippen molar-refractivity contribution in [2.45, 2.75) is 46.6 Å². The molecule has 0 aromatic carbocycles. The van der Waals surface area contributed by atoms with Gasteiger partial charge in [-0.15, -0.1) is 0 Å². The number of nitriles is 1. The zero-order valence-corrected chi connectivity index (χ0v) is 10.5. The van der Waals surface area contributed by atoms with E-state index in [4.69, 9.17) is 5.26 Å². The molecule has 1 aromatic heterocycles. The van der Waals surface area contributed by atoms with E-state index in [9.17, 15) is 0 Å². The van der Waals surface area contributed by atoms with Crippen LogP contribution in [0.25, 0.3) is 0 Å². The first-order valence-corrected chi connectivity index (χ1v) is 5.77. The normalized spacial score (nSPS) is 10.2. The molecule has 1 heterocycles. The monoisotopic (exact) mass is 217 g/mol. The fourth-order valence-electron chi connectivity index (χ4n) is 1.77. The number of nitrogens with zero attached hydrogens (tertiary/aromatic N) is 2. The van der Waals surface area contributed by atoms with Gasteiger partial charge in [0.2, 0.25) is 0 Å². The third kappa shape index (κ3) is 2.73. The van der Waals surface area contributed by atoms with Crippen LogP contribution in [0, 0.1) is 25.2 Å². The largest absolute Gasteiger partial charge is 0.366 e. The Hall–Kier alpha value is -1.56. The van der Waals surface area contributed by atoms with Crippen LogP contribution in [0.1, 0.15) is 43.5 Å². The molecule has 0 unspecified atom stereocenters. The second-order valence-electron chi connectivity index (χ2n) is 4.07. The third-order valence-electron chi connectivity index (χ3n) is 2.78. The van der Waals surface area contributed by atoms with E-state index in [1.165, 1.54) is 0 Å². The summed E-state index contributed by atoms with van der Waals surface area (Å²) in [6, 6.07) is 4.55. The molecule has 0 radical (unpaired) electrons. The fourth-order valence-corrected chi connectivity index (χ4v) is 1.77. The van der Waals surface area contributed by atoms with Crippen molar-refractivity contribution in [1.82, 2.24) is 4.98 Å². The fraction of sp³-hybridized carbons (Fsp3) is 0.538. The van der Waals surface area contributed by atoms with E-state index in [1.807, 2.05) is 19.9 Å². The van der Waals surface area contributed by atoms with Crippen molar-refractivity contribution in [3.8, 4) is 6.07 Å². The number of nitrogens with one attached hydrogen (secondary N) is 1. The number of aromatic nitrogens is 1. The molecule has 3 nitrogen and oxygen atoms in total. The predicted molar refractivity (Wildman–Crippen MR) is 66.4 cm³/mol. The Bertz CT molecular complexity index is 400. The van der Waals surface area contributed by atoms with Gasteiger partial charge >= 0.3 is 0 Å². The molecule has 86 valence electrons. The van der Waals surface area contributed by atoms with Crippen molar-refractivity contribution in [3.63, 3.8) is 0 Å². The lowest BCUT2D eigenvalue weighted by atomic mass is 10.1. The van der Waals surface area contributed by atoms with Gasteiger partial charge in [0.25, 0.3) is 0 Å². The maximum absolute atomic E-state index is 9.12. The third-order valence-corrected chi connectivity index (χ3v) is 2.78. The van der Waals surface area contributed by atoms with E-state index in [0.717, 1.165) is 29.9 Å². The van der Waals surface area contributed by atoms with Gasteiger partial charge in [0.1, 0.15) is 11.9 Å². The summed E-state index contributed by atoms with van der Waals surface area (Å²) >= 11 is 0. The van der Waals surface area contributed by atoms with Crippen LogP contribution in [-0.2, 0) is 0 Å². The summed E-state index contributed by atoms with van der Waals surface area (Å²) in [6.07, 6.45) is 2.08. The molecule has 0 atom stereocenters. The first-order chi connectivity index (χ1) is 7.62. The van der Waals surface area contributed by atoms with Gasteiger partial charge in [-0.2, -0.15) is 5.26 Å². The number of rotatable bonds is 4. The molecule has 0 spiro atoms. The molecule has 1 rings (SSSR count). The lowest BCUT2D eigenvalue weighted by Gasteiger charge is -2.17. The molecule has 0 amide bonds. The minimum Gasteiger partial charge on any atom is -0.366 e. The van der Waals surface area contributed by atoms with Crippen molar-refractivity contribution in [2.24, 2.45) is 0 Å². The zero-order chi connectivity index (χ0) is 12.1. The Labute approximate surface area is 97.5 Å². The molecule has 0 fully saturated rings. The lowest BCUT2D eigenvalue weighted by molar-refractivity contribution is 0.668. The van der Waals surface area contributed by atoms with Gasteiger partial charge in [0.05, 0.1) is 5.56 Å². The van der Waals surface area contributed by atoms with Crippen LogP contribution in [-0.4, -0.2) is 11.0 Å². The molecule has 16 heavy (non-hydrogen) atoms. The summed E-state index contributed by atoms with van der Waals surface area (Å²) in [4.78, 5) is 4.41. The second-order valence-corrected chi connectivity index (χ2v) is 4.07. The van der Waals surface area contributed by atoms with Gasteiger partial charge < -0.3 is 5.32 Å². The van der Waals surface area contributed by atoms with Gasteiger partial charge in [0.15, 0.2) is 0 Å². The Morgan fingerprint density at radius 3 is 2.50 bits per heavy atom. The van der Waals surface area contributed by atoms with Gasteiger partial charge in [-0.25, -0.2) is 4.98 Å². The summed E-state index contributed by atoms with van der Waals surface area (Å²) in [5.41, 5.74) is 2.60. The van der Waals surface area contributed by atoms with Crippen molar-refractivity contribution >= 4 is 5.82 Å². The van der Waals surface area contributed by atoms with E-state index in [-0.39, 0.29) is 0 Å². The van der Waals surface area contributed by atoms with E-state index in [2.05, 4.69) is 30.2 Å². The number of anilines is 1. The Balaban J connectivity index is 3.07. The maximum atomic E-state index is 9.12. The van der Waals surface area contributed by atoms with Crippen molar-refractivity contribution in [3.05, 3.63) is 22.9 Å². The van der Waals surface area contributed by atoms with Gasteiger partial charge in [-0.05, 0) is 38.3 Å². The Morgan fingerprint density at radius 1 is 1.38 bits per heavy atom. The SMILES string of the molecule is CCC(CC)Nc1nc(C)cc(C)c1C#N. The van der Waals surface area contributed by atoms with Crippen molar-refractivity contribution in [2.75, 3.05) is 5.32 Å². The van der Waals surface area contributed by atoms with Gasteiger partial charge in [-0.3, -0.25) is 0 Å². The van der Waals surface area contributed by atoms with Gasteiger partial charge in [0, 0.05) is 11.7 Å². The van der Waals surface area contributed by atoms with Gasteiger partial charge in [-0.1, -0.05) is 13.8 Å². The van der Waals surface area contributed by atoms with Crippen LogP contribution in [0.15, 0.2) is 6.07 Å². The molecule has 3 heteroatoms. The molecular weight excluding hydrogens is 198 g/mol. The first kappa shape index (κ1) is 12.5. The second kappa shape index (κ2) is 5.50. The van der Waals surface area contributed by atoms with Crippen molar-refractivity contribution < 1.29 is 0 Å². The first-order valence-electron chi connectivity index (χ1n) is 5.77. The molecule has 0 saturated carbocycles. The molecule has 1 N–H and O–H groups in total. The van der Waals surface area contributed by atoms with E-state index >= 15 is 0 Å². The highest BCUT2D eigenvalue weighted by Gasteiger charge is 2.11. The minimum atomic E-state index is 0.390. The highest BCUT2D eigenvalue weighted by atomic mass is 15.0. The van der Waals surface area contributed by atoms with E-state index in [0.29, 0.717) is 11.6 Å². The lowest BCUT2D eigenvalue weighted by Crippen LogP contribution is -2.19. The summed E-state index contributed by atoms with van der Waals surface area (Å²) in [5.74, 6) is 0.730. The summed E-state index contributed by atoms with van der Waals surface area (Å²) in [7, 11) is 0. The highest BCUT2D eigenvalue weighted by molar-refractivity contribution is 5.56. The number of hydrogen-bond acceptors (Lipinski definition) is 3. The summed E-state index contributed by atoms with van der Waals surface area (Å²) in [5, 5.41) is 12.5. The molecular formula is C13H19N3. The highest BCUT2D eigenvalue weighted by Crippen LogP contribution is 2.19. The molecule has 0 saturated heterocycles. The quantitative estimate of drug-likeness (QED) is 0.842. The van der Waals surface area contributed by atoms with E-state index < -0.39 is 0 Å². The summed E-state index contributed by atoms with van der Waals surface area (Å²) < 4.78 is 0. The average Bonchev–Trinajstić information content (AvgIpc) is 2.25. The Morgan fingerprint density at radius 2 is 2.00 bits per heavy atom. The topological polar surface area (TPSA) is 48.7 Å². The molecule has 0 bridgehead atoms. The van der Waals surface area contributed by atoms with Crippen LogP contribution in [0.5, 0.6) is 0 Å². The van der Waals surface area contributed by atoms with Crippen LogP contribution in [0.3, 0.4) is 0 Å². The molecule has 0 aliphatic heterocycles. The smallest absolute Gasteiger partial charge is 0.144 e. The average molecular weight is 217 g/mol. The van der Waals surface area contributed by atoms with Crippen LogP contribution in [0.4, 0.5) is 5.82 Å². The number of aryl methyl sites for hydroxylation is 2. The minimum absolute atomic E-state index is 0.390. The standard InChI is InChI=1S/C13H19N3/c1-5-11(6-2)16-13-12(8-14)9(3)7-10(4)15-13/h7,11H,5-6H2,1-4H3,(H,15,16). The van der Waals surface area contributed by atoms with Crippen LogP contribution >= 0.6 is 0 Å². The van der Waals surface area contributed by atoms with Crippen LogP contribution < -0.4 is 5.32 Å². The zero-order valence-electron chi connectivity index (χ0n) is 10.5. The molecule has 1 aromatic rings. The Kier molecular flexibility index (Phi) is 4.30. The number of pyridine rings is 1. The molecule has 0 aliphatic rings. The molecule has 0 aliphatic carbocycles. The predicted octanol–water partition coefficient (Wildman–Crippen LogP) is 3.17. The van der Waals surface area contributed by atoms with Crippen molar-refractivity contribution in [1.29, 1.82) is 5.26 Å². The number of hydrogen-bond donors (Lipinski definition) is 1.